The molecule has 0 aliphatic carbocycles. The minimum absolute atomic E-state index is 0.188. The van der Waals surface area contributed by atoms with Gasteiger partial charge in [0.2, 0.25) is 0 Å². The SMILES string of the molecule is CCOC(=O)C1=C(C)N=c2s/c(=C\c3cc(I)c(O)c(I)c3)c(=O)n2[C@@H]1c1ccc(-c2ccc(Br)cc2)o1. The molecular weight excluding hydrogens is 798 g/mol. The molecule has 1 aliphatic heterocycles. The minimum atomic E-state index is -0.836. The van der Waals surface area contributed by atoms with Crippen LogP contribution in [0.4, 0.5) is 0 Å². The Bertz CT molecular complexity index is 1760. The summed E-state index contributed by atoms with van der Waals surface area (Å²) in [6, 6.07) is 14.1. The molecule has 2 aromatic heterocycles. The number of thiazole rings is 1. The van der Waals surface area contributed by atoms with Gasteiger partial charge in [-0.3, -0.25) is 9.36 Å². The van der Waals surface area contributed by atoms with Gasteiger partial charge in [-0.1, -0.05) is 39.4 Å². The zero-order valence-electron chi connectivity index (χ0n) is 20.0. The van der Waals surface area contributed by atoms with E-state index in [1.807, 2.05) is 30.3 Å². The highest BCUT2D eigenvalue weighted by Gasteiger charge is 2.35. The van der Waals surface area contributed by atoms with Crippen molar-refractivity contribution in [2.45, 2.75) is 19.9 Å². The molecule has 5 rings (SSSR count). The van der Waals surface area contributed by atoms with Gasteiger partial charge in [0.1, 0.15) is 23.3 Å². The fourth-order valence-corrected chi connectivity index (χ4v) is 7.28. The van der Waals surface area contributed by atoms with E-state index < -0.39 is 12.0 Å². The number of benzene rings is 2. The van der Waals surface area contributed by atoms with Crippen molar-refractivity contribution < 1.29 is 19.1 Å². The van der Waals surface area contributed by atoms with E-state index in [0.29, 0.717) is 33.7 Å². The number of hydrogen-bond donors (Lipinski definition) is 1. The molecule has 0 saturated heterocycles. The number of halogens is 3. The Kier molecular flexibility index (Phi) is 7.99. The summed E-state index contributed by atoms with van der Waals surface area (Å²) in [6.07, 6.45) is 1.77. The predicted molar refractivity (Wildman–Crippen MR) is 166 cm³/mol. The average molecular weight is 817 g/mol. The standard InChI is InChI=1S/C27H19BrI2N2O5S/c1-3-36-26(35)22-13(2)31-27-32(23(22)20-9-8-19(37-20)15-4-6-16(28)7-5-15)25(34)21(38-27)12-14-10-17(29)24(33)18(30)11-14/h4-12,23,33H,3H2,1-2H3/b21-12-/t23-/m1/s1. The van der Waals surface area contributed by atoms with Crippen LogP contribution >= 0.6 is 72.4 Å². The summed E-state index contributed by atoms with van der Waals surface area (Å²) >= 11 is 8.79. The summed E-state index contributed by atoms with van der Waals surface area (Å²) in [6.45, 7) is 3.66. The number of carbonyl (C=O) groups excluding carboxylic acids is 1. The number of nitrogens with zero attached hydrogens (tertiary/aromatic N) is 2. The lowest BCUT2D eigenvalue weighted by Gasteiger charge is -2.22. The molecule has 1 N–H and O–H groups in total. The Hall–Kier alpha value is -2.23. The summed E-state index contributed by atoms with van der Waals surface area (Å²) < 4.78 is 15.9. The third-order valence-corrected chi connectivity index (χ3v) is 9.04. The van der Waals surface area contributed by atoms with Gasteiger partial charge in [0.05, 0.1) is 29.5 Å². The molecule has 0 spiro atoms. The first-order valence-electron chi connectivity index (χ1n) is 11.4. The van der Waals surface area contributed by atoms with E-state index in [-0.39, 0.29) is 23.5 Å². The molecule has 7 nitrogen and oxygen atoms in total. The van der Waals surface area contributed by atoms with Gasteiger partial charge in [0.25, 0.3) is 5.56 Å². The Labute approximate surface area is 257 Å². The molecule has 0 saturated carbocycles. The summed E-state index contributed by atoms with van der Waals surface area (Å²) in [7, 11) is 0. The smallest absolute Gasteiger partial charge is 0.338 e. The van der Waals surface area contributed by atoms with Crippen molar-refractivity contribution in [3.8, 4) is 17.1 Å². The molecule has 11 heteroatoms. The van der Waals surface area contributed by atoms with Crippen LogP contribution in [0.1, 0.15) is 31.2 Å². The number of carbonyl (C=O) groups is 1. The number of phenols is 1. The van der Waals surface area contributed by atoms with Gasteiger partial charge in [-0.15, -0.1) is 0 Å². The van der Waals surface area contributed by atoms with Crippen LogP contribution in [-0.4, -0.2) is 22.2 Å². The van der Waals surface area contributed by atoms with Crippen LogP contribution < -0.4 is 14.9 Å². The lowest BCUT2D eigenvalue weighted by atomic mass is 10.0. The van der Waals surface area contributed by atoms with Crippen LogP contribution in [0.5, 0.6) is 5.75 Å². The van der Waals surface area contributed by atoms with Crippen LogP contribution in [0.15, 0.2) is 78.5 Å². The second-order valence-corrected chi connectivity index (χ2v) is 12.6. The van der Waals surface area contributed by atoms with Crippen LogP contribution in [0.2, 0.25) is 0 Å². The van der Waals surface area contributed by atoms with Crippen LogP contribution in [0, 0.1) is 7.14 Å². The number of rotatable bonds is 5. The number of aromatic hydroxyl groups is 1. The Morgan fingerprint density at radius 2 is 1.89 bits per heavy atom. The van der Waals surface area contributed by atoms with Crippen molar-refractivity contribution >= 4 is 84.5 Å². The van der Waals surface area contributed by atoms with Crippen molar-refractivity contribution in [1.29, 1.82) is 0 Å². The largest absolute Gasteiger partial charge is 0.506 e. The highest BCUT2D eigenvalue weighted by molar-refractivity contribution is 14.1. The van der Waals surface area contributed by atoms with E-state index in [2.05, 4.69) is 66.1 Å². The topological polar surface area (TPSA) is 94.0 Å². The molecule has 2 aromatic carbocycles. The second kappa shape index (κ2) is 11.1. The third kappa shape index (κ3) is 5.17. The minimum Gasteiger partial charge on any atom is -0.506 e. The van der Waals surface area contributed by atoms with Gasteiger partial charge in [-0.25, -0.2) is 9.79 Å². The fraction of sp³-hybridized carbons (Fsp3) is 0.148. The van der Waals surface area contributed by atoms with Crippen molar-refractivity contribution in [1.82, 2.24) is 4.57 Å². The molecule has 4 aromatic rings. The molecule has 0 bridgehead atoms. The Morgan fingerprint density at radius 1 is 1.21 bits per heavy atom. The maximum atomic E-state index is 13.8. The van der Waals surface area contributed by atoms with E-state index in [1.165, 1.54) is 15.9 Å². The summed E-state index contributed by atoms with van der Waals surface area (Å²) in [5.41, 5.74) is 2.07. The van der Waals surface area contributed by atoms with Gasteiger partial charge in [-0.05, 0) is 107 Å². The summed E-state index contributed by atoms with van der Waals surface area (Å²) in [5, 5.41) is 10.1. The highest BCUT2D eigenvalue weighted by Crippen LogP contribution is 2.34. The maximum Gasteiger partial charge on any atom is 0.338 e. The number of fused-ring (bicyclic) bond motifs is 1. The summed E-state index contributed by atoms with van der Waals surface area (Å²) in [5.74, 6) is 0.707. The normalized spacial score (nSPS) is 15.4. The Balaban J connectivity index is 1.69. The first-order chi connectivity index (χ1) is 18.2. The average Bonchev–Trinajstić information content (AvgIpc) is 3.47. The molecule has 0 fully saturated rings. The molecule has 194 valence electrons. The highest BCUT2D eigenvalue weighted by atomic mass is 127. The number of esters is 1. The summed E-state index contributed by atoms with van der Waals surface area (Å²) in [4.78, 5) is 32.0. The van der Waals surface area contributed by atoms with Crippen molar-refractivity contribution in [2.75, 3.05) is 6.61 Å². The molecule has 0 unspecified atom stereocenters. The van der Waals surface area contributed by atoms with Gasteiger partial charge < -0.3 is 14.3 Å². The second-order valence-electron chi connectivity index (χ2n) is 8.34. The van der Waals surface area contributed by atoms with Crippen LogP contribution in [0.3, 0.4) is 0 Å². The molecule has 3 heterocycles. The van der Waals surface area contributed by atoms with Crippen molar-refractivity contribution in [3.05, 3.63) is 102 Å². The zero-order valence-corrected chi connectivity index (χ0v) is 26.7. The number of phenolic OH excluding ortho intramolecular Hbond substituents is 1. The molecule has 0 radical (unpaired) electrons. The molecular formula is C27H19BrI2N2O5S. The van der Waals surface area contributed by atoms with Crippen molar-refractivity contribution in [3.63, 3.8) is 0 Å². The lowest BCUT2D eigenvalue weighted by molar-refractivity contribution is -0.139. The number of hydrogen-bond acceptors (Lipinski definition) is 7. The Morgan fingerprint density at radius 3 is 2.55 bits per heavy atom. The van der Waals surface area contributed by atoms with E-state index >= 15 is 0 Å². The third-order valence-electron chi connectivity index (χ3n) is 5.88. The van der Waals surface area contributed by atoms with Crippen LogP contribution in [0.25, 0.3) is 17.4 Å². The quantitative estimate of drug-likeness (QED) is 0.205. The monoisotopic (exact) mass is 816 g/mol. The maximum absolute atomic E-state index is 13.8. The number of allylic oxidation sites excluding steroid dienone is 1. The molecule has 38 heavy (non-hydrogen) atoms. The zero-order chi connectivity index (χ0) is 27.1. The molecule has 0 amide bonds. The van der Waals surface area contributed by atoms with Gasteiger partial charge in [0, 0.05) is 10.0 Å². The predicted octanol–water partition coefficient (Wildman–Crippen LogP) is 5.74. The first-order valence-corrected chi connectivity index (χ1v) is 15.2. The van der Waals surface area contributed by atoms with Crippen molar-refractivity contribution in [2.24, 2.45) is 4.99 Å². The van der Waals surface area contributed by atoms with Gasteiger partial charge >= 0.3 is 5.97 Å². The fourth-order valence-electron chi connectivity index (χ4n) is 4.15. The number of aromatic nitrogens is 1. The molecule has 1 aliphatic rings. The first kappa shape index (κ1) is 27.3. The van der Waals surface area contributed by atoms with Crippen LogP contribution in [-0.2, 0) is 9.53 Å². The van der Waals surface area contributed by atoms with E-state index in [1.54, 1.807) is 38.1 Å². The molecule has 1 atom stereocenters. The lowest BCUT2D eigenvalue weighted by Crippen LogP contribution is -2.39. The van der Waals surface area contributed by atoms with Gasteiger partial charge in [-0.2, -0.15) is 0 Å². The number of furan rings is 1. The van der Waals surface area contributed by atoms with E-state index in [4.69, 9.17) is 9.15 Å². The van der Waals surface area contributed by atoms with E-state index in [0.717, 1.165) is 15.6 Å². The van der Waals surface area contributed by atoms with Gasteiger partial charge in [0.15, 0.2) is 4.80 Å². The van der Waals surface area contributed by atoms with E-state index in [9.17, 15) is 14.7 Å². The number of ether oxygens (including phenoxy) is 1.